The van der Waals surface area contributed by atoms with Gasteiger partial charge < -0.3 is 19.7 Å². The van der Waals surface area contributed by atoms with E-state index in [4.69, 9.17) is 9.47 Å². The van der Waals surface area contributed by atoms with E-state index in [1.54, 1.807) is 19.1 Å². The standard InChI is InChI=1S/C23H30N2O4/c1-16-7-6-8-20(17(16)2)25(18(3)26)14-12-23(27)24-13-11-19-9-10-21(28-4)22(15-19)29-5/h6-10,15H,11-14H2,1-5H3,(H,24,27). The first-order chi connectivity index (χ1) is 13.9. The van der Waals surface area contributed by atoms with Crippen LogP contribution in [0, 0.1) is 13.8 Å². The maximum Gasteiger partial charge on any atom is 0.223 e. The lowest BCUT2D eigenvalue weighted by Gasteiger charge is -2.23. The van der Waals surface area contributed by atoms with Crippen LogP contribution in [-0.4, -0.2) is 39.1 Å². The molecule has 2 aromatic rings. The molecular formula is C23H30N2O4. The van der Waals surface area contributed by atoms with Crippen LogP contribution in [0.3, 0.4) is 0 Å². The molecule has 0 aliphatic heterocycles. The molecule has 0 saturated heterocycles. The lowest BCUT2D eigenvalue weighted by atomic mass is 10.1. The fourth-order valence-corrected chi connectivity index (χ4v) is 3.16. The molecule has 6 nitrogen and oxygen atoms in total. The minimum atomic E-state index is -0.0815. The number of aryl methyl sites for hydroxylation is 1. The SMILES string of the molecule is COc1ccc(CCNC(=O)CCN(C(C)=O)c2cccc(C)c2C)cc1OC. The quantitative estimate of drug-likeness (QED) is 0.703. The Morgan fingerprint density at radius 3 is 2.41 bits per heavy atom. The molecule has 0 aromatic heterocycles. The normalized spacial score (nSPS) is 10.4. The van der Waals surface area contributed by atoms with Crippen molar-refractivity contribution in [1.82, 2.24) is 5.32 Å². The van der Waals surface area contributed by atoms with Gasteiger partial charge in [-0.05, 0) is 55.2 Å². The molecule has 1 N–H and O–H groups in total. The second kappa shape index (κ2) is 10.5. The monoisotopic (exact) mass is 398 g/mol. The van der Waals surface area contributed by atoms with Crippen LogP contribution < -0.4 is 19.7 Å². The Balaban J connectivity index is 1.88. The molecule has 2 aromatic carbocycles. The fraction of sp³-hybridized carbons (Fsp3) is 0.391. The first kappa shape index (κ1) is 22.3. The van der Waals surface area contributed by atoms with Crippen molar-refractivity contribution in [2.45, 2.75) is 33.6 Å². The van der Waals surface area contributed by atoms with Gasteiger partial charge in [0.05, 0.1) is 14.2 Å². The topological polar surface area (TPSA) is 67.9 Å². The Hall–Kier alpha value is -3.02. The molecule has 0 heterocycles. The molecular weight excluding hydrogens is 368 g/mol. The Morgan fingerprint density at radius 1 is 1.03 bits per heavy atom. The predicted octanol–water partition coefficient (Wildman–Crippen LogP) is 3.42. The number of amides is 2. The van der Waals surface area contributed by atoms with Crippen LogP contribution >= 0.6 is 0 Å². The number of hydrogen-bond donors (Lipinski definition) is 1. The molecule has 2 rings (SSSR count). The van der Waals surface area contributed by atoms with Crippen molar-refractivity contribution in [3.63, 3.8) is 0 Å². The van der Waals surface area contributed by atoms with Crippen molar-refractivity contribution in [3.8, 4) is 11.5 Å². The molecule has 0 spiro atoms. The van der Waals surface area contributed by atoms with Gasteiger partial charge >= 0.3 is 0 Å². The number of anilines is 1. The number of nitrogens with zero attached hydrogens (tertiary/aromatic N) is 1. The van der Waals surface area contributed by atoms with Gasteiger partial charge in [0.1, 0.15) is 0 Å². The van der Waals surface area contributed by atoms with Crippen molar-refractivity contribution in [2.75, 3.05) is 32.2 Å². The number of methoxy groups -OCH3 is 2. The van der Waals surface area contributed by atoms with Gasteiger partial charge in [0.25, 0.3) is 0 Å². The average molecular weight is 399 g/mol. The van der Waals surface area contributed by atoms with E-state index in [-0.39, 0.29) is 18.2 Å². The van der Waals surface area contributed by atoms with Gasteiger partial charge in [0, 0.05) is 32.1 Å². The number of rotatable bonds is 9. The highest BCUT2D eigenvalue weighted by Crippen LogP contribution is 2.27. The van der Waals surface area contributed by atoms with E-state index < -0.39 is 0 Å². The fourth-order valence-electron chi connectivity index (χ4n) is 3.16. The van der Waals surface area contributed by atoms with Crippen LogP contribution in [-0.2, 0) is 16.0 Å². The Kier molecular flexibility index (Phi) is 8.07. The second-order valence-corrected chi connectivity index (χ2v) is 6.93. The number of hydrogen-bond acceptors (Lipinski definition) is 4. The summed E-state index contributed by atoms with van der Waals surface area (Å²) >= 11 is 0. The Labute approximate surface area is 172 Å². The minimum Gasteiger partial charge on any atom is -0.493 e. The molecule has 156 valence electrons. The summed E-state index contributed by atoms with van der Waals surface area (Å²) < 4.78 is 10.5. The zero-order valence-electron chi connectivity index (χ0n) is 17.9. The number of nitrogens with one attached hydrogen (secondary N) is 1. The average Bonchev–Trinajstić information content (AvgIpc) is 2.70. The summed E-state index contributed by atoms with van der Waals surface area (Å²) in [5.74, 6) is 1.19. The third-order valence-corrected chi connectivity index (χ3v) is 4.99. The molecule has 0 bridgehead atoms. The zero-order valence-corrected chi connectivity index (χ0v) is 17.9. The summed E-state index contributed by atoms with van der Waals surface area (Å²) in [6, 6.07) is 11.6. The van der Waals surface area contributed by atoms with Crippen LogP contribution in [0.15, 0.2) is 36.4 Å². The van der Waals surface area contributed by atoms with E-state index in [9.17, 15) is 9.59 Å². The molecule has 2 amide bonds. The smallest absolute Gasteiger partial charge is 0.223 e. The van der Waals surface area contributed by atoms with Gasteiger partial charge in [0.2, 0.25) is 11.8 Å². The van der Waals surface area contributed by atoms with Crippen LogP contribution in [0.1, 0.15) is 30.0 Å². The van der Waals surface area contributed by atoms with Crippen LogP contribution in [0.25, 0.3) is 0 Å². The van der Waals surface area contributed by atoms with Crippen molar-refractivity contribution < 1.29 is 19.1 Å². The van der Waals surface area contributed by atoms with Crippen LogP contribution in [0.2, 0.25) is 0 Å². The maximum absolute atomic E-state index is 12.3. The van der Waals surface area contributed by atoms with E-state index in [1.807, 2.05) is 50.2 Å². The second-order valence-electron chi connectivity index (χ2n) is 6.93. The molecule has 0 atom stereocenters. The number of carbonyl (C=O) groups is 2. The highest BCUT2D eigenvalue weighted by molar-refractivity contribution is 5.93. The van der Waals surface area contributed by atoms with E-state index in [2.05, 4.69) is 5.32 Å². The first-order valence-electron chi connectivity index (χ1n) is 9.69. The third kappa shape index (κ3) is 5.98. The molecule has 29 heavy (non-hydrogen) atoms. The molecule has 6 heteroatoms. The van der Waals surface area contributed by atoms with E-state index in [1.165, 1.54) is 6.92 Å². The number of ether oxygens (including phenoxy) is 2. The summed E-state index contributed by atoms with van der Waals surface area (Å²) in [7, 11) is 3.19. The van der Waals surface area contributed by atoms with Gasteiger partial charge in [-0.15, -0.1) is 0 Å². The lowest BCUT2D eigenvalue weighted by molar-refractivity contribution is -0.121. The van der Waals surface area contributed by atoms with E-state index in [0.717, 1.165) is 22.4 Å². The summed E-state index contributed by atoms with van der Waals surface area (Å²) in [5.41, 5.74) is 4.07. The van der Waals surface area contributed by atoms with Crippen LogP contribution in [0.4, 0.5) is 5.69 Å². The minimum absolute atomic E-state index is 0.0724. The largest absolute Gasteiger partial charge is 0.493 e. The van der Waals surface area contributed by atoms with Gasteiger partial charge in [-0.3, -0.25) is 9.59 Å². The Morgan fingerprint density at radius 2 is 1.76 bits per heavy atom. The number of carbonyl (C=O) groups excluding carboxylic acids is 2. The van der Waals surface area contributed by atoms with Gasteiger partial charge in [-0.25, -0.2) is 0 Å². The van der Waals surface area contributed by atoms with Crippen molar-refractivity contribution >= 4 is 17.5 Å². The molecule has 0 aliphatic rings. The first-order valence-corrected chi connectivity index (χ1v) is 9.69. The summed E-state index contributed by atoms with van der Waals surface area (Å²) in [4.78, 5) is 26.0. The molecule has 0 radical (unpaired) electrons. The summed E-state index contributed by atoms with van der Waals surface area (Å²) in [5, 5.41) is 2.92. The molecule has 0 unspecified atom stereocenters. The zero-order chi connectivity index (χ0) is 21.4. The molecule has 0 saturated carbocycles. The van der Waals surface area contributed by atoms with Crippen LogP contribution in [0.5, 0.6) is 11.5 Å². The highest BCUT2D eigenvalue weighted by Gasteiger charge is 2.16. The van der Waals surface area contributed by atoms with Gasteiger partial charge in [-0.2, -0.15) is 0 Å². The van der Waals surface area contributed by atoms with Crippen molar-refractivity contribution in [2.24, 2.45) is 0 Å². The van der Waals surface area contributed by atoms with Gasteiger partial charge in [-0.1, -0.05) is 18.2 Å². The Bertz CT molecular complexity index is 864. The van der Waals surface area contributed by atoms with E-state index >= 15 is 0 Å². The molecule has 0 aliphatic carbocycles. The van der Waals surface area contributed by atoms with Gasteiger partial charge in [0.15, 0.2) is 11.5 Å². The third-order valence-electron chi connectivity index (χ3n) is 4.99. The predicted molar refractivity (Wildman–Crippen MR) is 115 cm³/mol. The van der Waals surface area contributed by atoms with E-state index in [0.29, 0.717) is 31.0 Å². The maximum atomic E-state index is 12.3. The number of benzene rings is 2. The summed E-state index contributed by atoms with van der Waals surface area (Å²) in [6.07, 6.45) is 0.929. The lowest BCUT2D eigenvalue weighted by Crippen LogP contribution is -2.34. The highest BCUT2D eigenvalue weighted by atomic mass is 16.5. The molecule has 0 fully saturated rings. The van der Waals surface area contributed by atoms with Crippen molar-refractivity contribution in [3.05, 3.63) is 53.1 Å². The summed E-state index contributed by atoms with van der Waals surface area (Å²) in [6.45, 7) is 6.39. The van der Waals surface area contributed by atoms with Crippen molar-refractivity contribution in [1.29, 1.82) is 0 Å².